The number of H-pyrrole nitrogens is 1. The van der Waals surface area contributed by atoms with Gasteiger partial charge in [0, 0.05) is 35.8 Å². The van der Waals surface area contributed by atoms with E-state index in [1.54, 1.807) is 12.1 Å². The van der Waals surface area contributed by atoms with Crippen LogP contribution in [-0.4, -0.2) is 29.0 Å². The molecule has 2 N–H and O–H groups in total. The predicted molar refractivity (Wildman–Crippen MR) is 102 cm³/mol. The molecule has 1 unspecified atom stereocenters. The number of nitro benzene ring substituents is 1. The Balaban J connectivity index is 1.63. The van der Waals surface area contributed by atoms with Crippen LogP contribution in [0.25, 0.3) is 10.9 Å². The summed E-state index contributed by atoms with van der Waals surface area (Å²) in [5, 5.41) is 15.1. The molecule has 27 heavy (non-hydrogen) atoms. The van der Waals surface area contributed by atoms with Crippen molar-refractivity contribution in [1.82, 2.24) is 10.3 Å². The van der Waals surface area contributed by atoms with Gasteiger partial charge in [-0.15, -0.1) is 0 Å². The standard InChI is InChI=1S/C20H21N3O4/c1-27-20(24)19(21-12-14-6-9-16(10-7-14)23(25)26)11-8-15-13-22-18-5-3-2-4-17(15)18/h2-7,9-10,13,19,21-22H,8,11-12H2,1H3. The van der Waals surface area contributed by atoms with E-state index in [2.05, 4.69) is 16.4 Å². The number of nitrogens with one attached hydrogen (secondary N) is 2. The molecule has 0 spiro atoms. The second-order valence-corrected chi connectivity index (χ2v) is 6.28. The highest BCUT2D eigenvalue weighted by molar-refractivity contribution is 5.83. The number of esters is 1. The number of ether oxygens (including phenoxy) is 1. The predicted octanol–water partition coefficient (Wildman–Crippen LogP) is 3.34. The van der Waals surface area contributed by atoms with Crippen LogP contribution in [0.1, 0.15) is 17.5 Å². The van der Waals surface area contributed by atoms with Gasteiger partial charge in [-0.1, -0.05) is 30.3 Å². The molecule has 2 aromatic carbocycles. The number of aromatic nitrogens is 1. The summed E-state index contributed by atoms with van der Waals surface area (Å²) in [5.74, 6) is -0.322. The largest absolute Gasteiger partial charge is 0.468 e. The second kappa shape index (κ2) is 8.46. The number of nitrogens with zero attached hydrogens (tertiary/aromatic N) is 1. The number of aromatic amines is 1. The number of carbonyl (C=O) groups excluding carboxylic acids is 1. The first kappa shape index (κ1) is 18.6. The summed E-state index contributed by atoms with van der Waals surface area (Å²) >= 11 is 0. The summed E-state index contributed by atoms with van der Waals surface area (Å²) in [7, 11) is 1.37. The molecule has 0 saturated heterocycles. The molecule has 3 rings (SSSR count). The van der Waals surface area contributed by atoms with Gasteiger partial charge in [0.2, 0.25) is 0 Å². The van der Waals surface area contributed by atoms with Crippen molar-refractivity contribution >= 4 is 22.6 Å². The van der Waals surface area contributed by atoms with Crippen molar-refractivity contribution in [2.24, 2.45) is 0 Å². The zero-order valence-electron chi connectivity index (χ0n) is 15.0. The van der Waals surface area contributed by atoms with Crippen molar-refractivity contribution in [3.63, 3.8) is 0 Å². The van der Waals surface area contributed by atoms with Gasteiger partial charge in [0.1, 0.15) is 6.04 Å². The first-order valence-electron chi connectivity index (χ1n) is 8.68. The number of fused-ring (bicyclic) bond motifs is 1. The van der Waals surface area contributed by atoms with E-state index in [4.69, 9.17) is 4.74 Å². The highest BCUT2D eigenvalue weighted by Crippen LogP contribution is 2.20. The van der Waals surface area contributed by atoms with Gasteiger partial charge in [-0.25, -0.2) is 0 Å². The Bertz CT molecular complexity index is 934. The lowest BCUT2D eigenvalue weighted by molar-refractivity contribution is -0.384. The van der Waals surface area contributed by atoms with E-state index in [9.17, 15) is 14.9 Å². The average molecular weight is 367 g/mol. The zero-order valence-corrected chi connectivity index (χ0v) is 15.0. The monoisotopic (exact) mass is 367 g/mol. The average Bonchev–Trinajstić information content (AvgIpc) is 3.11. The maximum Gasteiger partial charge on any atom is 0.322 e. The Morgan fingerprint density at radius 2 is 1.96 bits per heavy atom. The fourth-order valence-corrected chi connectivity index (χ4v) is 3.06. The van der Waals surface area contributed by atoms with Crippen LogP contribution in [0.4, 0.5) is 5.69 Å². The van der Waals surface area contributed by atoms with Crippen LogP contribution in [-0.2, 0) is 22.5 Å². The maximum atomic E-state index is 12.1. The lowest BCUT2D eigenvalue weighted by atomic mass is 10.0. The summed E-state index contributed by atoms with van der Waals surface area (Å²) in [6.45, 7) is 0.422. The first-order valence-corrected chi connectivity index (χ1v) is 8.68. The van der Waals surface area contributed by atoms with Crippen LogP contribution in [0.15, 0.2) is 54.7 Å². The Morgan fingerprint density at radius 3 is 2.67 bits per heavy atom. The molecule has 0 fully saturated rings. The van der Waals surface area contributed by atoms with Crippen LogP contribution in [0.5, 0.6) is 0 Å². The van der Waals surface area contributed by atoms with Crippen LogP contribution in [0, 0.1) is 10.1 Å². The lowest BCUT2D eigenvalue weighted by Crippen LogP contribution is -2.37. The van der Waals surface area contributed by atoms with Gasteiger partial charge in [0.05, 0.1) is 12.0 Å². The van der Waals surface area contributed by atoms with Gasteiger partial charge >= 0.3 is 5.97 Å². The highest BCUT2D eigenvalue weighted by atomic mass is 16.6. The Kier molecular flexibility index (Phi) is 5.83. The highest BCUT2D eigenvalue weighted by Gasteiger charge is 2.19. The minimum atomic E-state index is -0.459. The van der Waals surface area contributed by atoms with Crippen molar-refractivity contribution < 1.29 is 14.5 Å². The SMILES string of the molecule is COC(=O)C(CCc1c[nH]c2ccccc12)NCc1ccc([N+](=O)[O-])cc1. The van der Waals surface area contributed by atoms with E-state index in [0.717, 1.165) is 28.5 Å². The van der Waals surface area contributed by atoms with Gasteiger partial charge in [-0.05, 0) is 30.0 Å². The smallest absolute Gasteiger partial charge is 0.322 e. The number of hydrogen-bond acceptors (Lipinski definition) is 5. The minimum Gasteiger partial charge on any atom is -0.468 e. The second-order valence-electron chi connectivity index (χ2n) is 6.28. The number of hydrogen-bond donors (Lipinski definition) is 2. The molecule has 1 atom stereocenters. The van der Waals surface area contributed by atoms with Crippen LogP contribution in [0.2, 0.25) is 0 Å². The molecule has 7 heteroatoms. The lowest BCUT2D eigenvalue weighted by Gasteiger charge is -2.16. The Hall–Kier alpha value is -3.19. The van der Waals surface area contributed by atoms with E-state index in [1.165, 1.54) is 19.2 Å². The first-order chi connectivity index (χ1) is 13.1. The van der Waals surface area contributed by atoms with Crippen LogP contribution in [0.3, 0.4) is 0 Å². The molecule has 7 nitrogen and oxygen atoms in total. The number of carbonyl (C=O) groups is 1. The number of nitro groups is 1. The molecule has 0 amide bonds. The topological polar surface area (TPSA) is 97.3 Å². The maximum absolute atomic E-state index is 12.1. The third kappa shape index (κ3) is 4.51. The number of aryl methyl sites for hydroxylation is 1. The molecule has 0 radical (unpaired) electrons. The summed E-state index contributed by atoms with van der Waals surface area (Å²) in [6, 6.07) is 13.8. The molecule has 0 aliphatic heterocycles. The quantitative estimate of drug-likeness (QED) is 0.361. The summed E-state index contributed by atoms with van der Waals surface area (Å²) in [6.07, 6.45) is 3.27. The van der Waals surface area contributed by atoms with Crippen molar-refractivity contribution in [3.05, 3.63) is 76.0 Å². The number of methoxy groups -OCH3 is 1. The summed E-state index contributed by atoms with van der Waals surface area (Å²) in [4.78, 5) is 25.6. The summed E-state index contributed by atoms with van der Waals surface area (Å²) < 4.78 is 4.91. The molecule has 0 aliphatic rings. The fraction of sp³-hybridized carbons (Fsp3) is 0.250. The van der Waals surface area contributed by atoms with E-state index in [1.807, 2.05) is 24.4 Å². The van der Waals surface area contributed by atoms with E-state index in [-0.39, 0.29) is 11.7 Å². The van der Waals surface area contributed by atoms with Crippen molar-refractivity contribution in [2.45, 2.75) is 25.4 Å². The third-order valence-corrected chi connectivity index (χ3v) is 4.56. The van der Waals surface area contributed by atoms with E-state index in [0.29, 0.717) is 13.0 Å². The Morgan fingerprint density at radius 1 is 1.22 bits per heavy atom. The molecule has 3 aromatic rings. The van der Waals surface area contributed by atoms with Crippen LogP contribution < -0.4 is 5.32 Å². The zero-order chi connectivity index (χ0) is 19.2. The molecular weight excluding hydrogens is 346 g/mol. The van der Waals surface area contributed by atoms with E-state index >= 15 is 0 Å². The van der Waals surface area contributed by atoms with E-state index < -0.39 is 11.0 Å². The van der Waals surface area contributed by atoms with Crippen LogP contribution >= 0.6 is 0 Å². The molecule has 1 heterocycles. The molecule has 0 saturated carbocycles. The number of non-ortho nitro benzene ring substituents is 1. The van der Waals surface area contributed by atoms with Gasteiger partial charge in [-0.2, -0.15) is 0 Å². The van der Waals surface area contributed by atoms with Gasteiger partial charge in [0.15, 0.2) is 0 Å². The molecular formula is C20H21N3O4. The Labute approximate surface area is 156 Å². The van der Waals surface area contributed by atoms with Gasteiger partial charge in [0.25, 0.3) is 5.69 Å². The number of rotatable bonds is 8. The van der Waals surface area contributed by atoms with Crippen molar-refractivity contribution in [2.75, 3.05) is 7.11 Å². The van der Waals surface area contributed by atoms with Gasteiger partial charge < -0.3 is 15.0 Å². The molecule has 0 aliphatic carbocycles. The van der Waals surface area contributed by atoms with Crippen molar-refractivity contribution in [3.8, 4) is 0 Å². The molecule has 140 valence electrons. The fourth-order valence-electron chi connectivity index (χ4n) is 3.06. The number of benzene rings is 2. The molecule has 1 aromatic heterocycles. The minimum absolute atomic E-state index is 0.0441. The summed E-state index contributed by atoms with van der Waals surface area (Å²) in [5.41, 5.74) is 3.13. The van der Waals surface area contributed by atoms with Crippen molar-refractivity contribution in [1.29, 1.82) is 0 Å². The normalized spacial score (nSPS) is 12.0. The molecule has 0 bridgehead atoms. The van der Waals surface area contributed by atoms with Gasteiger partial charge in [-0.3, -0.25) is 14.9 Å². The number of para-hydroxylation sites is 1. The third-order valence-electron chi connectivity index (χ3n) is 4.56.